The van der Waals surface area contributed by atoms with Crippen LogP contribution in [0.1, 0.15) is 123 Å². The molecule has 0 radical (unpaired) electrons. The van der Waals surface area contributed by atoms with Crippen LogP contribution < -0.4 is 28.4 Å². The summed E-state index contributed by atoms with van der Waals surface area (Å²) in [6, 6.07) is 0. The molecule has 414 valence electrons. The first-order valence-electron chi connectivity index (χ1n) is 25.8. The molecule has 0 aromatic carbocycles. The lowest BCUT2D eigenvalue weighted by atomic mass is 10.3. The van der Waals surface area contributed by atoms with Crippen molar-refractivity contribution in [1.82, 2.24) is 0 Å². The molecule has 17 heteroatoms. The van der Waals surface area contributed by atoms with E-state index >= 15 is 0 Å². The van der Waals surface area contributed by atoms with Gasteiger partial charge in [0.2, 0.25) is 0 Å². The Kier molecular flexibility index (Phi) is 39.3. The Morgan fingerprint density at radius 2 is 0.577 bits per heavy atom. The highest BCUT2D eigenvalue weighted by Gasteiger charge is 2.22. The number of unbranched alkanes of at least 4 members (excludes halogenated alkanes) is 2. The van der Waals surface area contributed by atoms with Crippen molar-refractivity contribution >= 4 is 34.0 Å². The maximum absolute atomic E-state index is 6.09. The quantitative estimate of drug-likeness (QED) is 0.0501. The SMILES string of the molecule is CCCCOCCOCCOc1c(C)sc(C)c1OCCOCCOCCCC.CCCOCC(C)Oc1c(C)sc(C)c1OC(C)COCCC.COCC(C)Oc1c(C)sc(C)c1OC(C)COC. The van der Waals surface area contributed by atoms with Crippen molar-refractivity contribution in [3.05, 3.63) is 29.3 Å². The third kappa shape index (κ3) is 29.3. The van der Waals surface area contributed by atoms with E-state index in [-0.39, 0.29) is 24.4 Å². The highest BCUT2D eigenvalue weighted by atomic mass is 32.1. The molecule has 0 aliphatic rings. The average Bonchev–Trinajstić information content (AvgIpc) is 3.86. The summed E-state index contributed by atoms with van der Waals surface area (Å²) in [5, 5.41) is 0. The van der Waals surface area contributed by atoms with Crippen molar-refractivity contribution in [3.63, 3.8) is 0 Å². The van der Waals surface area contributed by atoms with Crippen LogP contribution >= 0.6 is 34.0 Å². The van der Waals surface area contributed by atoms with Crippen molar-refractivity contribution in [1.29, 1.82) is 0 Å². The van der Waals surface area contributed by atoms with Crippen LogP contribution in [-0.4, -0.2) is 144 Å². The summed E-state index contributed by atoms with van der Waals surface area (Å²) in [6.45, 7) is 38.8. The molecule has 3 rings (SSSR count). The molecular formula is C54H96O14S3. The van der Waals surface area contributed by atoms with Crippen molar-refractivity contribution in [2.45, 2.75) is 160 Å². The van der Waals surface area contributed by atoms with E-state index in [4.69, 9.17) is 66.3 Å². The lowest BCUT2D eigenvalue weighted by Gasteiger charge is -2.19. The Hall–Kier alpha value is -2.42. The third-order valence-electron chi connectivity index (χ3n) is 9.91. The van der Waals surface area contributed by atoms with Crippen LogP contribution in [-0.2, 0) is 37.9 Å². The Balaban J connectivity index is 0.000000545. The highest BCUT2D eigenvalue weighted by Crippen LogP contribution is 2.44. The van der Waals surface area contributed by atoms with Crippen LogP contribution in [0.2, 0.25) is 0 Å². The van der Waals surface area contributed by atoms with E-state index in [1.807, 2.05) is 55.4 Å². The van der Waals surface area contributed by atoms with Gasteiger partial charge < -0.3 is 66.3 Å². The van der Waals surface area contributed by atoms with Crippen LogP contribution in [0.15, 0.2) is 0 Å². The molecule has 0 spiro atoms. The fourth-order valence-corrected chi connectivity index (χ4v) is 9.35. The maximum atomic E-state index is 6.09. The predicted octanol–water partition coefficient (Wildman–Crippen LogP) is 12.7. The summed E-state index contributed by atoms with van der Waals surface area (Å²) >= 11 is 5.07. The Morgan fingerprint density at radius 1 is 0.310 bits per heavy atom. The van der Waals surface area contributed by atoms with Crippen molar-refractivity contribution < 1.29 is 66.3 Å². The van der Waals surface area contributed by atoms with E-state index in [0.29, 0.717) is 79.3 Å². The Labute approximate surface area is 441 Å². The number of hydrogen-bond acceptors (Lipinski definition) is 17. The number of thiophene rings is 3. The zero-order chi connectivity index (χ0) is 52.8. The molecule has 0 amide bonds. The monoisotopic (exact) mass is 1060 g/mol. The Morgan fingerprint density at radius 3 is 0.859 bits per heavy atom. The average molecular weight is 1070 g/mol. The number of methoxy groups -OCH3 is 2. The van der Waals surface area contributed by atoms with Crippen LogP contribution in [0, 0.1) is 41.5 Å². The van der Waals surface area contributed by atoms with Crippen molar-refractivity contribution in [2.24, 2.45) is 0 Å². The molecule has 3 aromatic heterocycles. The minimum Gasteiger partial charge on any atom is -0.486 e. The zero-order valence-electron chi connectivity index (χ0n) is 46.8. The van der Waals surface area contributed by atoms with Crippen LogP contribution in [0.5, 0.6) is 34.5 Å². The minimum absolute atomic E-state index is 0.00205. The summed E-state index contributed by atoms with van der Waals surface area (Å²) in [6.07, 6.45) is 6.54. The molecule has 0 N–H and O–H groups in total. The summed E-state index contributed by atoms with van der Waals surface area (Å²) in [4.78, 5) is 6.76. The van der Waals surface area contributed by atoms with Crippen LogP contribution in [0.25, 0.3) is 0 Å². The highest BCUT2D eigenvalue weighted by molar-refractivity contribution is 7.13. The van der Waals surface area contributed by atoms with Gasteiger partial charge in [0.05, 0.1) is 66.1 Å². The van der Waals surface area contributed by atoms with Gasteiger partial charge in [-0.3, -0.25) is 0 Å². The molecule has 14 nitrogen and oxygen atoms in total. The molecule has 0 saturated heterocycles. The normalized spacial score (nSPS) is 12.8. The van der Waals surface area contributed by atoms with Gasteiger partial charge in [-0.05, 0) is 94.9 Å². The summed E-state index contributed by atoms with van der Waals surface area (Å²) in [7, 11) is 3.34. The van der Waals surface area contributed by atoms with Crippen molar-refractivity contribution in [2.75, 3.05) is 120 Å². The molecule has 0 fully saturated rings. The van der Waals surface area contributed by atoms with Crippen LogP contribution in [0.3, 0.4) is 0 Å². The second kappa shape index (κ2) is 41.9. The maximum Gasteiger partial charge on any atom is 0.175 e. The second-order valence-electron chi connectivity index (χ2n) is 17.2. The fraction of sp³-hybridized carbons (Fsp3) is 0.778. The number of aryl methyl sites for hydroxylation is 6. The minimum atomic E-state index is -0.00205. The van der Waals surface area contributed by atoms with Gasteiger partial charge in [0, 0.05) is 69.9 Å². The van der Waals surface area contributed by atoms with Crippen LogP contribution in [0.4, 0.5) is 0 Å². The molecule has 3 aromatic rings. The number of rotatable bonds is 40. The predicted molar refractivity (Wildman–Crippen MR) is 292 cm³/mol. The second-order valence-corrected chi connectivity index (χ2v) is 21.5. The van der Waals surface area contributed by atoms with E-state index in [2.05, 4.69) is 41.5 Å². The lowest BCUT2D eigenvalue weighted by molar-refractivity contribution is 0.0324. The molecular weight excluding hydrogens is 969 g/mol. The van der Waals surface area contributed by atoms with Gasteiger partial charge in [0.1, 0.15) is 37.6 Å². The first-order valence-corrected chi connectivity index (χ1v) is 28.3. The third-order valence-corrected chi connectivity index (χ3v) is 12.9. The molecule has 4 atom stereocenters. The van der Waals surface area contributed by atoms with E-state index in [0.717, 1.165) is 129 Å². The molecule has 0 aliphatic carbocycles. The van der Waals surface area contributed by atoms with E-state index < -0.39 is 0 Å². The molecule has 0 saturated carbocycles. The summed E-state index contributed by atoms with van der Waals surface area (Å²) < 4.78 is 79.3. The smallest absolute Gasteiger partial charge is 0.175 e. The summed E-state index contributed by atoms with van der Waals surface area (Å²) in [5.41, 5.74) is 0. The van der Waals surface area contributed by atoms with Gasteiger partial charge in [0.15, 0.2) is 34.5 Å². The molecule has 0 bridgehead atoms. The van der Waals surface area contributed by atoms with Gasteiger partial charge in [-0.2, -0.15) is 0 Å². The summed E-state index contributed by atoms with van der Waals surface area (Å²) in [5.74, 6) is 4.99. The van der Waals surface area contributed by atoms with E-state index in [9.17, 15) is 0 Å². The van der Waals surface area contributed by atoms with Crippen molar-refractivity contribution in [3.8, 4) is 34.5 Å². The topological polar surface area (TPSA) is 129 Å². The molecule has 3 heterocycles. The van der Waals surface area contributed by atoms with Gasteiger partial charge in [0.25, 0.3) is 0 Å². The fourth-order valence-electron chi connectivity index (χ4n) is 6.55. The number of hydrogen-bond donors (Lipinski definition) is 0. The van der Waals surface area contributed by atoms with E-state index in [1.54, 1.807) is 48.2 Å². The Bertz CT molecular complexity index is 1610. The zero-order valence-corrected chi connectivity index (χ0v) is 49.3. The number of ether oxygens (including phenoxy) is 14. The molecule has 71 heavy (non-hydrogen) atoms. The van der Waals surface area contributed by atoms with Gasteiger partial charge in [-0.15, -0.1) is 34.0 Å². The van der Waals surface area contributed by atoms with Gasteiger partial charge in [-0.25, -0.2) is 0 Å². The van der Waals surface area contributed by atoms with E-state index in [1.165, 1.54) is 0 Å². The lowest BCUT2D eigenvalue weighted by Crippen LogP contribution is -2.22. The first kappa shape index (κ1) is 66.6. The molecule has 4 unspecified atom stereocenters. The van der Waals surface area contributed by atoms with Gasteiger partial charge >= 0.3 is 0 Å². The first-order chi connectivity index (χ1) is 34.2. The largest absolute Gasteiger partial charge is 0.486 e. The standard InChI is InChI=1S/C22H40O6S.C18H32O4S.C14H24O4S/c1-5-7-9-23-11-13-25-15-17-27-21-19(3)29-20(4)22(21)28-18-16-26-14-12-24-10-8-6-2;1-7-9-19-11-13(3)21-17-15(5)23-16(6)18(17)22-14(4)12-20-10-8-2;1-9(7-15-5)17-13-11(3)19-12(4)14(13)18-10(2)8-16-6/h5-18H2,1-4H3;13-14H,7-12H2,1-6H3;9-10H,7-8H2,1-6H3. The molecule has 0 aliphatic heterocycles. The van der Waals surface area contributed by atoms with Gasteiger partial charge in [-0.1, -0.05) is 40.5 Å².